The fourth-order valence-corrected chi connectivity index (χ4v) is 2.49. The number of benzene rings is 1. The third-order valence-electron chi connectivity index (χ3n) is 2.34. The Morgan fingerprint density at radius 3 is 2.80 bits per heavy atom. The minimum absolute atomic E-state index is 0.913. The molecule has 1 aliphatic rings. The summed E-state index contributed by atoms with van der Waals surface area (Å²) in [5.41, 5.74) is 1.28. The Hall–Kier alpha value is -0.930. The van der Waals surface area contributed by atoms with Gasteiger partial charge in [-0.1, -0.05) is 18.2 Å². The van der Waals surface area contributed by atoms with Gasteiger partial charge in [0, 0.05) is 23.7 Å². The molecule has 15 heavy (non-hydrogen) atoms. The van der Waals surface area contributed by atoms with E-state index in [4.69, 9.17) is 4.74 Å². The molecule has 0 aliphatic carbocycles. The molecule has 0 spiro atoms. The molecule has 3 heteroatoms. The van der Waals surface area contributed by atoms with Crippen LogP contribution < -0.4 is 10.1 Å². The normalized spacial score (nSPS) is 16.7. The first-order valence-corrected chi connectivity index (χ1v) is 6.07. The minimum atomic E-state index is 0.913. The Labute approximate surface area is 94.7 Å². The monoisotopic (exact) mass is 221 g/mol. The molecule has 1 aliphatic heterocycles. The molecule has 0 saturated carbocycles. The third-order valence-corrected chi connectivity index (χ3v) is 3.46. The van der Waals surface area contributed by atoms with Gasteiger partial charge in [0.15, 0.2) is 0 Å². The maximum absolute atomic E-state index is 5.14. The van der Waals surface area contributed by atoms with E-state index in [1.807, 2.05) is 23.9 Å². The van der Waals surface area contributed by atoms with Crippen LogP contribution in [0.15, 0.2) is 30.3 Å². The molecule has 2 nitrogen and oxygen atoms in total. The van der Waals surface area contributed by atoms with Crippen molar-refractivity contribution >= 4 is 16.7 Å². The van der Waals surface area contributed by atoms with Crippen LogP contribution in [-0.4, -0.2) is 26.0 Å². The van der Waals surface area contributed by atoms with Crippen molar-refractivity contribution in [2.75, 3.05) is 26.0 Å². The van der Waals surface area contributed by atoms with E-state index in [1.165, 1.54) is 10.5 Å². The molecule has 0 aromatic heterocycles. The zero-order valence-corrected chi connectivity index (χ0v) is 9.64. The van der Waals surface area contributed by atoms with Crippen LogP contribution in [0.5, 0.6) is 5.75 Å². The van der Waals surface area contributed by atoms with E-state index >= 15 is 0 Å². The van der Waals surface area contributed by atoms with Crippen molar-refractivity contribution in [2.45, 2.75) is 0 Å². The lowest BCUT2D eigenvalue weighted by Gasteiger charge is -2.05. The molecule has 2 rings (SSSR count). The Kier molecular flexibility index (Phi) is 3.69. The van der Waals surface area contributed by atoms with Crippen molar-refractivity contribution < 1.29 is 4.74 Å². The van der Waals surface area contributed by atoms with Gasteiger partial charge in [0.2, 0.25) is 0 Å². The van der Waals surface area contributed by atoms with Gasteiger partial charge in [-0.25, -0.2) is 0 Å². The van der Waals surface area contributed by atoms with Crippen molar-refractivity contribution in [3.05, 3.63) is 35.9 Å². The van der Waals surface area contributed by atoms with Crippen molar-refractivity contribution in [1.82, 2.24) is 5.32 Å². The summed E-state index contributed by atoms with van der Waals surface area (Å²) in [6.07, 6.45) is 2.25. The lowest BCUT2D eigenvalue weighted by atomic mass is 10.2. The molecule has 1 N–H and O–H groups in total. The first-order chi connectivity index (χ1) is 7.40. The molecule has 1 aromatic rings. The Balaban J connectivity index is 2.16. The lowest BCUT2D eigenvalue weighted by Crippen LogP contribution is -2.14. The fourth-order valence-electron chi connectivity index (χ4n) is 1.52. The Morgan fingerprint density at radius 2 is 2.07 bits per heavy atom. The molecule has 0 fully saturated rings. The maximum Gasteiger partial charge on any atom is 0.118 e. The van der Waals surface area contributed by atoms with Gasteiger partial charge in [0.05, 0.1) is 7.11 Å². The van der Waals surface area contributed by atoms with E-state index in [0.29, 0.717) is 0 Å². The highest BCUT2D eigenvalue weighted by molar-refractivity contribution is 8.08. The van der Waals surface area contributed by atoms with Crippen LogP contribution in [0.2, 0.25) is 0 Å². The summed E-state index contributed by atoms with van der Waals surface area (Å²) in [5.74, 6) is 2.05. The lowest BCUT2D eigenvalue weighted by molar-refractivity contribution is 0.415. The van der Waals surface area contributed by atoms with E-state index in [9.17, 15) is 0 Å². The van der Waals surface area contributed by atoms with E-state index in [-0.39, 0.29) is 0 Å². The number of rotatable bonds is 2. The van der Waals surface area contributed by atoms with Crippen molar-refractivity contribution in [1.29, 1.82) is 0 Å². The second kappa shape index (κ2) is 5.24. The molecule has 0 unspecified atom stereocenters. The smallest absolute Gasteiger partial charge is 0.118 e. The first-order valence-electron chi connectivity index (χ1n) is 5.08. The highest BCUT2D eigenvalue weighted by Crippen LogP contribution is 2.29. The predicted molar refractivity (Wildman–Crippen MR) is 66.3 cm³/mol. The predicted octanol–water partition coefficient (Wildman–Crippen LogP) is 2.37. The summed E-state index contributed by atoms with van der Waals surface area (Å²) in [7, 11) is 1.69. The molecule has 0 atom stereocenters. The van der Waals surface area contributed by atoms with Gasteiger partial charge in [-0.2, -0.15) is 0 Å². The Bertz CT molecular complexity index is 345. The molecular weight excluding hydrogens is 206 g/mol. The number of hydrogen-bond donors (Lipinski definition) is 1. The average Bonchev–Trinajstić information content (AvgIpc) is 2.58. The zero-order valence-electron chi connectivity index (χ0n) is 8.82. The number of nitrogens with one attached hydrogen (secondary N) is 1. The third kappa shape index (κ3) is 2.76. The summed E-state index contributed by atoms with van der Waals surface area (Å²) >= 11 is 1.91. The van der Waals surface area contributed by atoms with Crippen LogP contribution in [0.1, 0.15) is 5.56 Å². The van der Waals surface area contributed by atoms with Gasteiger partial charge in [-0.15, -0.1) is 11.8 Å². The van der Waals surface area contributed by atoms with E-state index in [0.717, 1.165) is 24.6 Å². The SMILES string of the molecule is COc1ccc(C2=CCNCCS2)cc1. The van der Waals surface area contributed by atoms with Crippen LogP contribution >= 0.6 is 11.8 Å². The molecule has 1 heterocycles. The summed E-state index contributed by atoms with van der Waals surface area (Å²) in [6.45, 7) is 2.05. The van der Waals surface area contributed by atoms with Crippen molar-refractivity contribution in [3.8, 4) is 5.75 Å². The van der Waals surface area contributed by atoms with E-state index < -0.39 is 0 Å². The van der Waals surface area contributed by atoms with Gasteiger partial charge < -0.3 is 10.1 Å². The van der Waals surface area contributed by atoms with Crippen LogP contribution in [0.4, 0.5) is 0 Å². The van der Waals surface area contributed by atoms with Gasteiger partial charge in [0.25, 0.3) is 0 Å². The molecule has 0 saturated heterocycles. The van der Waals surface area contributed by atoms with Crippen LogP contribution in [-0.2, 0) is 0 Å². The standard InChI is InChI=1S/C12H15NOS/c1-14-11-4-2-10(3-5-11)12-6-7-13-8-9-15-12/h2-6,13H,7-9H2,1H3. The van der Waals surface area contributed by atoms with Crippen molar-refractivity contribution in [3.63, 3.8) is 0 Å². The second-order valence-corrected chi connectivity index (χ2v) is 4.49. The maximum atomic E-state index is 5.14. The van der Waals surface area contributed by atoms with Gasteiger partial charge in [-0.05, 0) is 17.7 Å². The molecule has 0 bridgehead atoms. The zero-order chi connectivity index (χ0) is 10.5. The highest BCUT2D eigenvalue weighted by Gasteiger charge is 2.05. The van der Waals surface area contributed by atoms with E-state index in [1.54, 1.807) is 7.11 Å². The largest absolute Gasteiger partial charge is 0.497 e. The van der Waals surface area contributed by atoms with Crippen LogP contribution in [0, 0.1) is 0 Å². The van der Waals surface area contributed by atoms with Crippen LogP contribution in [0.25, 0.3) is 4.91 Å². The molecular formula is C12H15NOS. The highest BCUT2D eigenvalue weighted by atomic mass is 32.2. The number of hydrogen-bond acceptors (Lipinski definition) is 3. The fraction of sp³-hybridized carbons (Fsp3) is 0.333. The molecule has 80 valence electrons. The van der Waals surface area contributed by atoms with Gasteiger partial charge >= 0.3 is 0 Å². The summed E-state index contributed by atoms with van der Waals surface area (Å²) in [5, 5.41) is 3.35. The molecule has 0 radical (unpaired) electrons. The minimum Gasteiger partial charge on any atom is -0.497 e. The number of methoxy groups -OCH3 is 1. The van der Waals surface area contributed by atoms with E-state index in [2.05, 4.69) is 23.5 Å². The van der Waals surface area contributed by atoms with Crippen LogP contribution in [0.3, 0.4) is 0 Å². The van der Waals surface area contributed by atoms with Gasteiger partial charge in [-0.3, -0.25) is 0 Å². The summed E-state index contributed by atoms with van der Waals surface area (Å²) in [4.78, 5) is 1.36. The second-order valence-electron chi connectivity index (χ2n) is 3.35. The number of thioether (sulfide) groups is 1. The molecule has 0 amide bonds. The number of ether oxygens (including phenoxy) is 1. The topological polar surface area (TPSA) is 21.3 Å². The average molecular weight is 221 g/mol. The van der Waals surface area contributed by atoms with Crippen molar-refractivity contribution in [2.24, 2.45) is 0 Å². The van der Waals surface area contributed by atoms with Gasteiger partial charge in [0.1, 0.15) is 5.75 Å². The quantitative estimate of drug-likeness (QED) is 0.828. The Morgan fingerprint density at radius 1 is 1.27 bits per heavy atom. The summed E-state index contributed by atoms with van der Waals surface area (Å²) in [6, 6.07) is 8.25. The first kappa shape index (κ1) is 10.6. The summed E-state index contributed by atoms with van der Waals surface area (Å²) < 4.78 is 5.14. The molecule has 1 aromatic carbocycles.